The van der Waals surface area contributed by atoms with E-state index >= 15 is 0 Å². The van der Waals surface area contributed by atoms with E-state index < -0.39 is 10.0 Å². The van der Waals surface area contributed by atoms with Gasteiger partial charge in [0.25, 0.3) is 0 Å². The number of hydrogen-bond donors (Lipinski definition) is 1. The first-order valence-electron chi connectivity index (χ1n) is 5.88. The van der Waals surface area contributed by atoms with Gasteiger partial charge in [0.05, 0.1) is 11.9 Å². The molecule has 0 aliphatic carbocycles. The zero-order chi connectivity index (χ0) is 13.0. The molecule has 0 bridgehead atoms. The zero-order valence-electron chi connectivity index (χ0n) is 9.93. The molecule has 18 heavy (non-hydrogen) atoms. The number of ether oxygens (including phenoxy) is 1. The van der Waals surface area contributed by atoms with Crippen LogP contribution in [0.2, 0.25) is 0 Å². The third-order valence-corrected chi connectivity index (χ3v) is 4.67. The van der Waals surface area contributed by atoms with Gasteiger partial charge in [-0.1, -0.05) is 28.1 Å². The van der Waals surface area contributed by atoms with Crippen LogP contribution in [-0.2, 0) is 20.5 Å². The molecule has 2 rings (SSSR count). The van der Waals surface area contributed by atoms with Gasteiger partial charge in [0.2, 0.25) is 10.0 Å². The van der Waals surface area contributed by atoms with Crippen molar-refractivity contribution in [3.8, 4) is 0 Å². The Hall–Kier alpha value is -0.430. The third-order valence-electron chi connectivity index (χ3n) is 2.82. The second-order valence-corrected chi connectivity index (χ2v) is 7.09. The maximum Gasteiger partial charge on any atom is 0.215 e. The number of hydrogen-bond acceptors (Lipinski definition) is 3. The predicted octanol–water partition coefficient (Wildman–Crippen LogP) is 2.05. The Kier molecular flexibility index (Phi) is 4.77. The topological polar surface area (TPSA) is 55.4 Å². The molecule has 0 radical (unpaired) electrons. The van der Waals surface area contributed by atoms with Gasteiger partial charge in [-0.2, -0.15) is 0 Å². The fraction of sp³-hybridized carbons (Fsp3) is 0.500. The van der Waals surface area contributed by atoms with E-state index in [0.29, 0.717) is 6.54 Å². The van der Waals surface area contributed by atoms with Gasteiger partial charge in [0, 0.05) is 17.6 Å². The third kappa shape index (κ3) is 4.35. The van der Waals surface area contributed by atoms with E-state index in [2.05, 4.69) is 20.7 Å². The highest BCUT2D eigenvalue weighted by molar-refractivity contribution is 9.10. The summed E-state index contributed by atoms with van der Waals surface area (Å²) in [6, 6.07) is 7.28. The highest BCUT2D eigenvalue weighted by Gasteiger charge is 2.19. The summed E-state index contributed by atoms with van der Waals surface area (Å²) in [5, 5.41) is 0. The summed E-state index contributed by atoms with van der Waals surface area (Å²) in [6.45, 7) is 1.11. The summed E-state index contributed by atoms with van der Waals surface area (Å²) in [6.07, 6.45) is 1.98. The number of nitrogens with one attached hydrogen (secondary N) is 1. The van der Waals surface area contributed by atoms with Crippen molar-refractivity contribution in [1.29, 1.82) is 0 Å². The summed E-state index contributed by atoms with van der Waals surface area (Å²) in [5.41, 5.74) is 0.776. The molecular weight excluding hydrogens is 318 g/mol. The monoisotopic (exact) mass is 333 g/mol. The second-order valence-electron chi connectivity index (χ2n) is 4.37. The molecule has 0 unspecified atom stereocenters. The lowest BCUT2D eigenvalue weighted by atomic mass is 10.2. The fourth-order valence-electron chi connectivity index (χ4n) is 1.88. The predicted molar refractivity (Wildman–Crippen MR) is 73.7 cm³/mol. The molecule has 1 saturated heterocycles. The molecule has 4 nitrogen and oxygen atoms in total. The van der Waals surface area contributed by atoms with Crippen molar-refractivity contribution in [1.82, 2.24) is 4.72 Å². The Bertz CT molecular complexity index is 481. The molecule has 1 fully saturated rings. The molecular formula is C12H16BrNO3S. The van der Waals surface area contributed by atoms with Crippen molar-refractivity contribution >= 4 is 26.0 Å². The minimum absolute atomic E-state index is 0.00694. The van der Waals surface area contributed by atoms with Gasteiger partial charge in [0.1, 0.15) is 0 Å². The van der Waals surface area contributed by atoms with Gasteiger partial charge in [-0.25, -0.2) is 13.1 Å². The van der Waals surface area contributed by atoms with Crippen molar-refractivity contribution in [2.45, 2.75) is 24.7 Å². The highest BCUT2D eigenvalue weighted by atomic mass is 79.9. The molecule has 1 N–H and O–H groups in total. The normalized spacial score (nSPS) is 20.2. The quantitative estimate of drug-likeness (QED) is 0.897. The Labute approximate surface area is 116 Å². The summed E-state index contributed by atoms with van der Waals surface area (Å²) < 4.78 is 32.6. The Morgan fingerprint density at radius 1 is 1.33 bits per heavy atom. The van der Waals surface area contributed by atoms with Crippen molar-refractivity contribution in [3.63, 3.8) is 0 Å². The molecule has 1 atom stereocenters. The lowest BCUT2D eigenvalue weighted by Crippen LogP contribution is -2.32. The molecule has 1 aliphatic rings. The smallest absolute Gasteiger partial charge is 0.215 e. The molecule has 1 heterocycles. The van der Waals surface area contributed by atoms with Crippen LogP contribution in [0.4, 0.5) is 0 Å². The Balaban J connectivity index is 1.88. The second kappa shape index (κ2) is 6.14. The van der Waals surface area contributed by atoms with Gasteiger partial charge in [-0.15, -0.1) is 0 Å². The van der Waals surface area contributed by atoms with E-state index in [1.54, 1.807) is 12.1 Å². The maximum atomic E-state index is 11.9. The lowest BCUT2D eigenvalue weighted by molar-refractivity contribution is 0.114. The minimum atomic E-state index is -3.28. The standard InChI is InChI=1S/C12H16BrNO3S/c13-11-5-3-10(4-6-11)9-18(15,16)14-8-12-2-1-7-17-12/h3-6,12,14H,1-2,7-9H2/t12-/m1/s1. The van der Waals surface area contributed by atoms with E-state index in [9.17, 15) is 8.42 Å². The molecule has 0 aromatic heterocycles. The molecule has 1 aromatic carbocycles. The van der Waals surface area contributed by atoms with Gasteiger partial charge in [0.15, 0.2) is 0 Å². The Morgan fingerprint density at radius 2 is 2.06 bits per heavy atom. The van der Waals surface area contributed by atoms with Crippen LogP contribution in [0.15, 0.2) is 28.7 Å². The van der Waals surface area contributed by atoms with Gasteiger partial charge >= 0.3 is 0 Å². The van der Waals surface area contributed by atoms with Crippen molar-refractivity contribution in [2.24, 2.45) is 0 Å². The average molecular weight is 334 g/mol. The van der Waals surface area contributed by atoms with Crippen LogP contribution in [-0.4, -0.2) is 27.7 Å². The maximum absolute atomic E-state index is 11.9. The van der Waals surface area contributed by atoms with Crippen LogP contribution in [0.1, 0.15) is 18.4 Å². The first-order valence-corrected chi connectivity index (χ1v) is 8.33. The molecule has 1 aromatic rings. The summed E-state index contributed by atoms with van der Waals surface area (Å²) >= 11 is 3.32. The first kappa shape index (κ1) is 14.0. The number of benzene rings is 1. The van der Waals surface area contributed by atoms with E-state index in [1.807, 2.05) is 12.1 Å². The fourth-order valence-corrected chi connectivity index (χ4v) is 3.31. The van der Waals surface area contributed by atoms with E-state index in [1.165, 1.54) is 0 Å². The van der Waals surface area contributed by atoms with Gasteiger partial charge < -0.3 is 4.74 Å². The largest absolute Gasteiger partial charge is 0.377 e. The van der Waals surface area contributed by atoms with Crippen molar-refractivity contribution in [2.75, 3.05) is 13.2 Å². The first-order chi connectivity index (χ1) is 8.55. The lowest BCUT2D eigenvalue weighted by Gasteiger charge is -2.11. The van der Waals surface area contributed by atoms with E-state index in [0.717, 1.165) is 29.5 Å². The molecule has 0 amide bonds. The van der Waals surface area contributed by atoms with Crippen LogP contribution >= 0.6 is 15.9 Å². The van der Waals surface area contributed by atoms with Crippen molar-refractivity contribution in [3.05, 3.63) is 34.3 Å². The molecule has 100 valence electrons. The average Bonchev–Trinajstić information content (AvgIpc) is 2.83. The molecule has 1 aliphatic heterocycles. The van der Waals surface area contributed by atoms with E-state index in [-0.39, 0.29) is 11.9 Å². The van der Waals surface area contributed by atoms with Gasteiger partial charge in [-0.05, 0) is 30.5 Å². The summed E-state index contributed by atoms with van der Waals surface area (Å²) in [5.74, 6) is 0.00694. The minimum Gasteiger partial charge on any atom is -0.377 e. The Morgan fingerprint density at radius 3 is 2.67 bits per heavy atom. The summed E-state index contributed by atoms with van der Waals surface area (Å²) in [4.78, 5) is 0. The number of sulfonamides is 1. The molecule has 0 spiro atoms. The molecule has 0 saturated carbocycles. The number of halogens is 1. The van der Waals surface area contributed by atoms with Crippen LogP contribution < -0.4 is 4.72 Å². The number of rotatable bonds is 5. The zero-order valence-corrected chi connectivity index (χ0v) is 12.3. The van der Waals surface area contributed by atoms with Crippen LogP contribution in [0, 0.1) is 0 Å². The molecule has 6 heteroatoms. The highest BCUT2D eigenvalue weighted by Crippen LogP contribution is 2.14. The van der Waals surface area contributed by atoms with Crippen LogP contribution in [0.5, 0.6) is 0 Å². The van der Waals surface area contributed by atoms with Crippen molar-refractivity contribution < 1.29 is 13.2 Å². The van der Waals surface area contributed by atoms with Crippen LogP contribution in [0.25, 0.3) is 0 Å². The summed E-state index contributed by atoms with van der Waals surface area (Å²) in [7, 11) is -3.28. The SMILES string of the molecule is O=S(=O)(Cc1ccc(Br)cc1)NC[C@H]1CCCO1. The van der Waals surface area contributed by atoms with E-state index in [4.69, 9.17) is 4.74 Å². The van der Waals surface area contributed by atoms with Crippen LogP contribution in [0.3, 0.4) is 0 Å². The van der Waals surface area contributed by atoms with Gasteiger partial charge in [-0.3, -0.25) is 0 Å².